The molecule has 17 heavy (non-hydrogen) atoms. The van der Waals surface area contributed by atoms with Gasteiger partial charge in [-0.15, -0.1) is 0 Å². The molecule has 2 unspecified atom stereocenters. The van der Waals surface area contributed by atoms with Gasteiger partial charge < -0.3 is 9.84 Å². The smallest absolute Gasteiger partial charge is 0.323 e. The Morgan fingerprint density at radius 2 is 2.24 bits per heavy atom. The summed E-state index contributed by atoms with van der Waals surface area (Å²) >= 11 is 0. The number of rotatable bonds is 6. The molecular formula is C13H25NO3. The second-order valence-electron chi connectivity index (χ2n) is 5.60. The molecule has 4 nitrogen and oxygen atoms in total. The average Bonchev–Trinajstić information content (AvgIpc) is 2.27. The second-order valence-corrected chi connectivity index (χ2v) is 5.60. The number of carboxylic acids is 1. The lowest BCUT2D eigenvalue weighted by molar-refractivity contribution is -0.145. The summed E-state index contributed by atoms with van der Waals surface area (Å²) in [5.41, 5.74) is -0.838. The SMILES string of the molecule is CC(C)CC(C)(NCC1CCCCO1)C(=O)O. The van der Waals surface area contributed by atoms with E-state index >= 15 is 0 Å². The van der Waals surface area contributed by atoms with Gasteiger partial charge in [0.1, 0.15) is 5.54 Å². The maximum Gasteiger partial charge on any atom is 0.323 e. The minimum Gasteiger partial charge on any atom is -0.480 e. The van der Waals surface area contributed by atoms with E-state index < -0.39 is 11.5 Å². The first-order chi connectivity index (χ1) is 7.94. The molecule has 0 bridgehead atoms. The molecular weight excluding hydrogens is 218 g/mol. The van der Waals surface area contributed by atoms with E-state index in [1.807, 2.05) is 13.8 Å². The minimum atomic E-state index is -0.838. The van der Waals surface area contributed by atoms with Crippen LogP contribution >= 0.6 is 0 Å². The van der Waals surface area contributed by atoms with Crippen molar-refractivity contribution in [3.8, 4) is 0 Å². The second kappa shape index (κ2) is 6.36. The Hall–Kier alpha value is -0.610. The number of hydrogen-bond donors (Lipinski definition) is 2. The first kappa shape index (κ1) is 14.5. The Balaban J connectivity index is 2.45. The fourth-order valence-corrected chi connectivity index (χ4v) is 2.36. The summed E-state index contributed by atoms with van der Waals surface area (Å²) in [4.78, 5) is 11.3. The molecule has 2 atom stereocenters. The molecule has 1 aliphatic rings. The third kappa shape index (κ3) is 4.64. The number of ether oxygens (including phenoxy) is 1. The topological polar surface area (TPSA) is 58.6 Å². The largest absolute Gasteiger partial charge is 0.480 e. The van der Waals surface area contributed by atoms with Crippen LogP contribution in [0.3, 0.4) is 0 Å². The van der Waals surface area contributed by atoms with E-state index in [9.17, 15) is 9.90 Å². The van der Waals surface area contributed by atoms with E-state index in [2.05, 4.69) is 5.32 Å². The summed E-state index contributed by atoms with van der Waals surface area (Å²) in [6.07, 6.45) is 4.15. The van der Waals surface area contributed by atoms with Crippen LogP contribution in [0.25, 0.3) is 0 Å². The molecule has 1 heterocycles. The molecule has 0 aromatic rings. The van der Waals surface area contributed by atoms with Gasteiger partial charge in [-0.3, -0.25) is 10.1 Å². The van der Waals surface area contributed by atoms with Crippen molar-refractivity contribution in [2.45, 2.75) is 58.1 Å². The van der Waals surface area contributed by atoms with Crippen molar-refractivity contribution >= 4 is 5.97 Å². The zero-order valence-corrected chi connectivity index (χ0v) is 11.2. The lowest BCUT2D eigenvalue weighted by atomic mass is 9.90. The third-order valence-corrected chi connectivity index (χ3v) is 3.28. The number of aliphatic carboxylic acids is 1. The van der Waals surface area contributed by atoms with Crippen LogP contribution in [0, 0.1) is 5.92 Å². The van der Waals surface area contributed by atoms with Crippen LogP contribution in [0.4, 0.5) is 0 Å². The highest BCUT2D eigenvalue weighted by atomic mass is 16.5. The van der Waals surface area contributed by atoms with Gasteiger partial charge in [-0.25, -0.2) is 0 Å². The molecule has 0 amide bonds. The number of carboxylic acid groups (broad SMARTS) is 1. The molecule has 0 aliphatic carbocycles. The predicted octanol–water partition coefficient (Wildman–Crippen LogP) is 2.03. The molecule has 0 saturated carbocycles. The monoisotopic (exact) mass is 243 g/mol. The highest BCUT2D eigenvalue weighted by Gasteiger charge is 2.34. The Kier molecular flexibility index (Phi) is 5.40. The molecule has 4 heteroatoms. The van der Waals surface area contributed by atoms with Crippen molar-refractivity contribution in [2.75, 3.05) is 13.2 Å². The standard InChI is InChI=1S/C13H25NO3/c1-10(2)8-13(3,12(15)16)14-9-11-6-4-5-7-17-11/h10-11,14H,4-9H2,1-3H3,(H,15,16). The molecule has 0 aromatic carbocycles. The molecule has 0 aromatic heterocycles. The van der Waals surface area contributed by atoms with Crippen molar-refractivity contribution in [1.29, 1.82) is 0 Å². The van der Waals surface area contributed by atoms with Gasteiger partial charge >= 0.3 is 5.97 Å². The number of nitrogens with one attached hydrogen (secondary N) is 1. The molecule has 1 rings (SSSR count). The zero-order valence-electron chi connectivity index (χ0n) is 11.2. The van der Waals surface area contributed by atoms with E-state index in [0.29, 0.717) is 18.9 Å². The minimum absolute atomic E-state index is 0.176. The van der Waals surface area contributed by atoms with Gasteiger partial charge in [0.05, 0.1) is 6.10 Å². The van der Waals surface area contributed by atoms with Crippen LogP contribution in [-0.2, 0) is 9.53 Å². The van der Waals surface area contributed by atoms with Crippen molar-refractivity contribution < 1.29 is 14.6 Å². The fraction of sp³-hybridized carbons (Fsp3) is 0.923. The molecule has 2 N–H and O–H groups in total. The van der Waals surface area contributed by atoms with Gasteiger partial charge in [0.2, 0.25) is 0 Å². The number of carbonyl (C=O) groups is 1. The Bertz CT molecular complexity index is 249. The van der Waals surface area contributed by atoms with E-state index in [0.717, 1.165) is 19.4 Å². The summed E-state index contributed by atoms with van der Waals surface area (Å²) in [7, 11) is 0. The zero-order chi connectivity index (χ0) is 12.9. The third-order valence-electron chi connectivity index (χ3n) is 3.28. The quantitative estimate of drug-likeness (QED) is 0.749. The first-order valence-electron chi connectivity index (χ1n) is 6.54. The highest BCUT2D eigenvalue weighted by molar-refractivity contribution is 5.78. The molecule has 1 saturated heterocycles. The summed E-state index contributed by atoms with van der Waals surface area (Å²) in [6, 6.07) is 0. The molecule has 0 spiro atoms. The van der Waals surface area contributed by atoms with Crippen LogP contribution < -0.4 is 5.32 Å². The molecule has 1 fully saturated rings. The predicted molar refractivity (Wildman–Crippen MR) is 67.1 cm³/mol. The molecule has 0 radical (unpaired) electrons. The Morgan fingerprint density at radius 1 is 1.53 bits per heavy atom. The van der Waals surface area contributed by atoms with E-state index in [4.69, 9.17) is 4.74 Å². The maximum atomic E-state index is 11.3. The van der Waals surface area contributed by atoms with Crippen LogP contribution in [0.1, 0.15) is 46.5 Å². The van der Waals surface area contributed by atoms with E-state index in [-0.39, 0.29) is 6.10 Å². The Morgan fingerprint density at radius 3 is 2.71 bits per heavy atom. The van der Waals surface area contributed by atoms with Crippen LogP contribution in [0.15, 0.2) is 0 Å². The van der Waals surface area contributed by atoms with Gasteiger partial charge in [0.25, 0.3) is 0 Å². The number of hydrogen-bond acceptors (Lipinski definition) is 3. The van der Waals surface area contributed by atoms with E-state index in [1.54, 1.807) is 6.92 Å². The average molecular weight is 243 g/mol. The van der Waals surface area contributed by atoms with Crippen molar-refractivity contribution in [1.82, 2.24) is 5.32 Å². The maximum absolute atomic E-state index is 11.3. The van der Waals surface area contributed by atoms with Gasteiger partial charge in [-0.05, 0) is 38.5 Å². The lowest BCUT2D eigenvalue weighted by Gasteiger charge is -2.31. The van der Waals surface area contributed by atoms with Crippen molar-refractivity contribution in [2.24, 2.45) is 5.92 Å². The van der Waals surface area contributed by atoms with Gasteiger partial charge in [-0.2, -0.15) is 0 Å². The molecule has 100 valence electrons. The van der Waals surface area contributed by atoms with Crippen LogP contribution in [-0.4, -0.2) is 35.9 Å². The summed E-state index contributed by atoms with van der Waals surface area (Å²) < 4.78 is 5.60. The normalized spacial score (nSPS) is 24.6. The van der Waals surface area contributed by atoms with Crippen LogP contribution in [0.2, 0.25) is 0 Å². The lowest BCUT2D eigenvalue weighted by Crippen LogP contribution is -2.53. The van der Waals surface area contributed by atoms with Gasteiger partial charge in [-0.1, -0.05) is 13.8 Å². The van der Waals surface area contributed by atoms with Crippen molar-refractivity contribution in [3.63, 3.8) is 0 Å². The fourth-order valence-electron chi connectivity index (χ4n) is 2.36. The Labute approximate surface area is 104 Å². The highest BCUT2D eigenvalue weighted by Crippen LogP contribution is 2.18. The van der Waals surface area contributed by atoms with E-state index in [1.165, 1.54) is 6.42 Å². The van der Waals surface area contributed by atoms with Gasteiger partial charge in [0.15, 0.2) is 0 Å². The van der Waals surface area contributed by atoms with Gasteiger partial charge in [0, 0.05) is 13.2 Å². The molecule has 1 aliphatic heterocycles. The summed E-state index contributed by atoms with van der Waals surface area (Å²) in [6.45, 7) is 7.29. The summed E-state index contributed by atoms with van der Waals surface area (Å²) in [5.74, 6) is -0.419. The summed E-state index contributed by atoms with van der Waals surface area (Å²) in [5, 5.41) is 12.5. The van der Waals surface area contributed by atoms with Crippen molar-refractivity contribution in [3.05, 3.63) is 0 Å². The first-order valence-corrected chi connectivity index (χ1v) is 6.54. The van der Waals surface area contributed by atoms with Crippen LogP contribution in [0.5, 0.6) is 0 Å².